The summed E-state index contributed by atoms with van der Waals surface area (Å²) in [6.45, 7) is 0. The van der Waals surface area contributed by atoms with Gasteiger partial charge in [0.05, 0.1) is 7.11 Å². The van der Waals surface area contributed by atoms with Crippen LogP contribution in [0.1, 0.15) is 15.9 Å². The van der Waals surface area contributed by atoms with Gasteiger partial charge in [0.25, 0.3) is 5.91 Å². The molecule has 0 bridgehead atoms. The van der Waals surface area contributed by atoms with Gasteiger partial charge in [0.1, 0.15) is 11.8 Å². The number of nitrogens with one attached hydrogen (secondary N) is 1. The van der Waals surface area contributed by atoms with E-state index in [1.54, 1.807) is 12.1 Å². The van der Waals surface area contributed by atoms with Gasteiger partial charge in [-0.3, -0.25) is 4.79 Å². The van der Waals surface area contributed by atoms with Crippen molar-refractivity contribution >= 4 is 22.6 Å². The predicted octanol–water partition coefficient (Wildman–Crippen LogP) is 3.06. The van der Waals surface area contributed by atoms with Gasteiger partial charge in [-0.2, -0.15) is 0 Å². The minimum Gasteiger partial charge on any atom is -0.508 e. The van der Waals surface area contributed by atoms with Gasteiger partial charge < -0.3 is 15.2 Å². The molecule has 5 nitrogen and oxygen atoms in total. The molecule has 26 heavy (non-hydrogen) atoms. The molecule has 0 saturated carbocycles. The maximum atomic E-state index is 12.5. The fourth-order valence-electron chi connectivity index (χ4n) is 2.91. The number of hydrogen-bond donors (Lipinski definition) is 2. The number of aromatic hydroxyl groups is 1. The van der Waals surface area contributed by atoms with Crippen molar-refractivity contribution in [2.24, 2.45) is 0 Å². The Hall–Kier alpha value is -3.34. The quantitative estimate of drug-likeness (QED) is 0.694. The van der Waals surface area contributed by atoms with E-state index in [0.717, 1.165) is 16.3 Å². The third-order valence-electron chi connectivity index (χ3n) is 4.20. The average Bonchev–Trinajstić information content (AvgIpc) is 2.67. The zero-order chi connectivity index (χ0) is 18.5. The van der Waals surface area contributed by atoms with E-state index in [1.165, 1.54) is 19.2 Å². The summed E-state index contributed by atoms with van der Waals surface area (Å²) in [5.74, 6) is -0.982. The van der Waals surface area contributed by atoms with E-state index in [1.807, 2.05) is 42.5 Å². The average molecular weight is 349 g/mol. The van der Waals surface area contributed by atoms with Crippen molar-refractivity contribution in [1.82, 2.24) is 5.32 Å². The second kappa shape index (κ2) is 7.70. The molecule has 132 valence electrons. The van der Waals surface area contributed by atoms with Gasteiger partial charge in [-0.1, -0.05) is 48.5 Å². The first-order valence-electron chi connectivity index (χ1n) is 8.23. The Labute approximate surface area is 151 Å². The Bertz CT molecular complexity index is 946. The second-order valence-electron chi connectivity index (χ2n) is 5.94. The molecule has 0 heterocycles. The summed E-state index contributed by atoms with van der Waals surface area (Å²) in [6, 6.07) is 18.8. The summed E-state index contributed by atoms with van der Waals surface area (Å²) >= 11 is 0. The highest BCUT2D eigenvalue weighted by Crippen LogP contribution is 2.20. The van der Waals surface area contributed by atoms with Crippen LogP contribution in [0.3, 0.4) is 0 Å². The molecule has 3 aromatic rings. The first-order chi connectivity index (χ1) is 12.6. The first-order valence-corrected chi connectivity index (χ1v) is 8.23. The lowest BCUT2D eigenvalue weighted by molar-refractivity contribution is -0.142. The lowest BCUT2D eigenvalue weighted by Gasteiger charge is -2.18. The van der Waals surface area contributed by atoms with Crippen LogP contribution in [-0.4, -0.2) is 30.1 Å². The van der Waals surface area contributed by atoms with Gasteiger partial charge in [0.15, 0.2) is 0 Å². The van der Waals surface area contributed by atoms with Crippen LogP contribution in [0.15, 0.2) is 66.7 Å². The molecule has 0 aromatic heterocycles. The topological polar surface area (TPSA) is 75.6 Å². The van der Waals surface area contributed by atoms with Gasteiger partial charge in [-0.05, 0) is 34.5 Å². The zero-order valence-electron chi connectivity index (χ0n) is 14.3. The van der Waals surface area contributed by atoms with E-state index in [9.17, 15) is 14.7 Å². The van der Waals surface area contributed by atoms with Crippen molar-refractivity contribution in [3.63, 3.8) is 0 Å². The van der Waals surface area contributed by atoms with Crippen LogP contribution in [0.2, 0.25) is 0 Å². The van der Waals surface area contributed by atoms with Crippen LogP contribution in [0, 0.1) is 0 Å². The molecule has 0 saturated heterocycles. The highest BCUT2D eigenvalue weighted by atomic mass is 16.5. The van der Waals surface area contributed by atoms with E-state index in [-0.39, 0.29) is 11.3 Å². The molecule has 0 unspecified atom stereocenters. The maximum Gasteiger partial charge on any atom is 0.328 e. The molecule has 0 aliphatic rings. The summed E-state index contributed by atoms with van der Waals surface area (Å²) in [5, 5.41) is 14.3. The number of esters is 1. The molecule has 0 aliphatic carbocycles. The molecule has 0 spiro atoms. The monoisotopic (exact) mass is 349 g/mol. The van der Waals surface area contributed by atoms with Crippen molar-refractivity contribution in [3.05, 3.63) is 77.9 Å². The van der Waals surface area contributed by atoms with Gasteiger partial charge in [-0.15, -0.1) is 0 Å². The molecule has 1 amide bonds. The number of benzene rings is 3. The maximum absolute atomic E-state index is 12.5. The SMILES string of the molecule is COC(=O)[C@H](Cc1cccc2ccccc12)NC(=O)c1cccc(O)c1. The van der Waals surface area contributed by atoms with Gasteiger partial charge in [0.2, 0.25) is 0 Å². The number of rotatable bonds is 5. The van der Waals surface area contributed by atoms with Crippen molar-refractivity contribution in [2.75, 3.05) is 7.11 Å². The fraction of sp³-hybridized carbons (Fsp3) is 0.143. The number of amides is 1. The van der Waals surface area contributed by atoms with Gasteiger partial charge in [-0.25, -0.2) is 4.79 Å². The minimum atomic E-state index is -0.833. The summed E-state index contributed by atoms with van der Waals surface area (Å²) in [6.07, 6.45) is 0.304. The van der Waals surface area contributed by atoms with Gasteiger partial charge in [0, 0.05) is 12.0 Å². The molecule has 3 rings (SSSR count). The Morgan fingerprint density at radius 2 is 1.77 bits per heavy atom. The van der Waals surface area contributed by atoms with E-state index in [4.69, 9.17) is 4.74 Å². The number of hydrogen-bond acceptors (Lipinski definition) is 4. The number of phenolic OH excluding ortho intramolecular Hbond substituents is 1. The van der Waals surface area contributed by atoms with Crippen LogP contribution in [0.4, 0.5) is 0 Å². The number of carbonyl (C=O) groups is 2. The Kier molecular flexibility index (Phi) is 5.17. The van der Waals surface area contributed by atoms with E-state index < -0.39 is 17.9 Å². The Balaban J connectivity index is 1.86. The third-order valence-corrected chi connectivity index (χ3v) is 4.20. The summed E-state index contributed by atoms with van der Waals surface area (Å²) in [4.78, 5) is 24.7. The number of carbonyl (C=O) groups excluding carboxylic acids is 2. The smallest absolute Gasteiger partial charge is 0.328 e. The van der Waals surface area contributed by atoms with Crippen molar-refractivity contribution < 1.29 is 19.4 Å². The highest BCUT2D eigenvalue weighted by molar-refractivity contribution is 5.97. The van der Waals surface area contributed by atoms with Crippen molar-refractivity contribution in [1.29, 1.82) is 0 Å². The normalized spacial score (nSPS) is 11.7. The Morgan fingerprint density at radius 1 is 1.04 bits per heavy atom. The molecule has 5 heteroatoms. The lowest BCUT2D eigenvalue weighted by Crippen LogP contribution is -2.43. The highest BCUT2D eigenvalue weighted by Gasteiger charge is 2.23. The second-order valence-corrected chi connectivity index (χ2v) is 5.94. The van der Waals surface area contributed by atoms with Crippen LogP contribution >= 0.6 is 0 Å². The lowest BCUT2D eigenvalue weighted by atomic mass is 9.98. The molecule has 0 radical (unpaired) electrons. The molecule has 2 N–H and O–H groups in total. The fourth-order valence-corrected chi connectivity index (χ4v) is 2.91. The van der Waals surface area contributed by atoms with E-state index in [0.29, 0.717) is 6.42 Å². The number of methoxy groups -OCH3 is 1. The van der Waals surface area contributed by atoms with Crippen LogP contribution in [0.5, 0.6) is 5.75 Å². The largest absolute Gasteiger partial charge is 0.508 e. The number of fused-ring (bicyclic) bond motifs is 1. The Morgan fingerprint density at radius 3 is 2.54 bits per heavy atom. The van der Waals surface area contributed by atoms with E-state index in [2.05, 4.69) is 5.32 Å². The van der Waals surface area contributed by atoms with Gasteiger partial charge >= 0.3 is 5.97 Å². The zero-order valence-corrected chi connectivity index (χ0v) is 14.3. The number of phenols is 1. The number of ether oxygens (including phenoxy) is 1. The molecular formula is C21H19NO4. The third kappa shape index (κ3) is 3.83. The summed E-state index contributed by atoms with van der Waals surface area (Å²) < 4.78 is 4.85. The van der Waals surface area contributed by atoms with Crippen LogP contribution in [-0.2, 0) is 16.0 Å². The molecule has 1 atom stereocenters. The molecule has 0 fully saturated rings. The molecule has 3 aromatic carbocycles. The minimum absolute atomic E-state index is 0.0127. The molecular weight excluding hydrogens is 330 g/mol. The van der Waals surface area contributed by atoms with Crippen LogP contribution < -0.4 is 5.32 Å². The standard InChI is InChI=1S/C21H19NO4/c1-26-21(25)19(22-20(24)16-9-5-10-17(23)12-16)13-15-8-4-7-14-6-2-3-11-18(14)15/h2-12,19,23H,13H2,1H3,(H,22,24)/t19-/m0/s1. The summed E-state index contributed by atoms with van der Waals surface area (Å²) in [5.41, 5.74) is 1.21. The van der Waals surface area contributed by atoms with Crippen LogP contribution in [0.25, 0.3) is 10.8 Å². The van der Waals surface area contributed by atoms with Crippen molar-refractivity contribution in [3.8, 4) is 5.75 Å². The van der Waals surface area contributed by atoms with Crippen molar-refractivity contribution in [2.45, 2.75) is 12.5 Å². The van der Waals surface area contributed by atoms with E-state index >= 15 is 0 Å². The molecule has 0 aliphatic heterocycles. The summed E-state index contributed by atoms with van der Waals surface area (Å²) in [7, 11) is 1.29. The predicted molar refractivity (Wildman–Crippen MR) is 99.0 cm³/mol. The first kappa shape index (κ1) is 17.5.